The van der Waals surface area contributed by atoms with Crippen molar-refractivity contribution in [1.29, 1.82) is 0 Å². The highest BCUT2D eigenvalue weighted by Crippen LogP contribution is 2.39. The van der Waals surface area contributed by atoms with Gasteiger partial charge in [-0.2, -0.15) is 13.2 Å². The lowest BCUT2D eigenvalue weighted by molar-refractivity contribution is 0.241. The third-order valence-electron chi connectivity index (χ3n) is 12.6. The first-order valence-corrected chi connectivity index (χ1v) is 23.0. The number of hydrogen-bond acceptors (Lipinski definition) is 2. The first kappa shape index (κ1) is 41.9. The molecule has 0 N–H and O–H groups in total. The van der Waals surface area contributed by atoms with Crippen LogP contribution >= 0.6 is 15.9 Å². The number of para-hydroxylation sites is 3. The topological polar surface area (TPSA) is 22.3 Å². The number of aryl methyl sites for hydroxylation is 2. The lowest BCUT2D eigenvalue weighted by Gasteiger charge is -2.26. The highest BCUT2D eigenvalue weighted by atomic mass is 79.9. The first-order valence-electron chi connectivity index (χ1n) is 22.2. The van der Waals surface area contributed by atoms with Gasteiger partial charge in [-0.3, -0.25) is 0 Å². The van der Waals surface area contributed by atoms with Gasteiger partial charge in [-0.15, -0.1) is 0 Å². The normalized spacial score (nSPS) is 11.5. The molecule has 0 aliphatic heterocycles. The maximum absolute atomic E-state index is 13.3. The van der Waals surface area contributed by atoms with E-state index >= 15 is 0 Å². The number of anilines is 3. The lowest BCUT2D eigenvalue weighted by Crippen LogP contribution is -2.09. The van der Waals surface area contributed by atoms with Crippen molar-refractivity contribution in [1.82, 2.24) is 9.13 Å². The highest BCUT2D eigenvalue weighted by molar-refractivity contribution is 9.10. The number of rotatable bonds is 12. The molecule has 0 radical (unpaired) electrons. The fourth-order valence-corrected chi connectivity index (χ4v) is 9.73. The third kappa shape index (κ3) is 8.14. The van der Waals surface area contributed by atoms with Crippen LogP contribution in [0.4, 0.5) is 30.2 Å². The number of ether oxygens (including phenoxy) is 1. The summed E-state index contributed by atoms with van der Waals surface area (Å²) < 4.78 is 49.1. The number of halogens is 4. The number of fused-ring (bicyclic) bond motifs is 6. The van der Waals surface area contributed by atoms with Gasteiger partial charge in [0.2, 0.25) is 0 Å². The van der Waals surface area contributed by atoms with Gasteiger partial charge in [0.05, 0.1) is 0 Å². The van der Waals surface area contributed by atoms with Gasteiger partial charge in [-0.25, -0.2) is 0 Å². The molecule has 4 nitrogen and oxygen atoms in total. The Bertz CT molecular complexity index is 3600. The molecule has 0 fully saturated rings. The van der Waals surface area contributed by atoms with Gasteiger partial charge in [0, 0.05) is 78.2 Å². The standard InChI is InChI=1S/C59H41BrF3N3O/c60-45-25-15-41(16-26-45)43-23-33-56-52(37-43)50-11-4-6-13-54(50)64(56)35-8-36-65-55-14-7-5-12-51(55)53-38-44(24-34-57(53)65)42-19-29-48(30-20-42)66(46-9-2-1-3-10-46)47-27-17-39(18-28-47)40-21-31-49(32-22-40)67-59(63)58(61)62/h1-7,9-34,37-38H,8,35-36H2. The van der Waals surface area contributed by atoms with Gasteiger partial charge in [0.15, 0.2) is 0 Å². The third-order valence-corrected chi connectivity index (χ3v) is 13.2. The Balaban J connectivity index is 0.855. The summed E-state index contributed by atoms with van der Waals surface area (Å²) in [6.07, 6.45) is -1.53. The quantitative estimate of drug-likeness (QED) is 0.114. The molecule has 9 aromatic carbocycles. The van der Waals surface area contributed by atoms with E-state index in [1.807, 2.05) is 30.3 Å². The molecule has 0 atom stereocenters. The van der Waals surface area contributed by atoms with Crippen LogP contribution in [0.1, 0.15) is 6.42 Å². The Morgan fingerprint density at radius 1 is 0.403 bits per heavy atom. The summed E-state index contributed by atoms with van der Waals surface area (Å²) in [5.41, 5.74) is 14.4. The molecule has 8 heteroatoms. The average molecular weight is 945 g/mol. The molecular formula is C59H41BrF3N3O. The maximum atomic E-state index is 13.3. The van der Waals surface area contributed by atoms with E-state index in [4.69, 9.17) is 0 Å². The van der Waals surface area contributed by atoms with E-state index < -0.39 is 12.1 Å². The van der Waals surface area contributed by atoms with Gasteiger partial charge in [0.25, 0.3) is 0 Å². The predicted molar refractivity (Wildman–Crippen MR) is 273 cm³/mol. The van der Waals surface area contributed by atoms with Crippen LogP contribution in [0.15, 0.2) is 229 Å². The molecule has 11 aromatic rings. The Kier molecular flexibility index (Phi) is 11.2. The van der Waals surface area contributed by atoms with E-state index in [2.05, 4.69) is 192 Å². The zero-order valence-electron chi connectivity index (χ0n) is 36.1. The smallest absolute Gasteiger partial charge is 0.344 e. The number of benzene rings is 9. The summed E-state index contributed by atoms with van der Waals surface area (Å²) in [5.74, 6) is -0.00839. The fourth-order valence-electron chi connectivity index (χ4n) is 9.47. The van der Waals surface area contributed by atoms with Crippen LogP contribution in [0, 0.1) is 0 Å². The van der Waals surface area contributed by atoms with Crippen molar-refractivity contribution in [3.8, 4) is 39.1 Å². The summed E-state index contributed by atoms with van der Waals surface area (Å²) in [6, 6.07) is 71.2. The number of nitrogens with zero attached hydrogens (tertiary/aromatic N) is 3. The van der Waals surface area contributed by atoms with Crippen molar-refractivity contribution in [3.63, 3.8) is 0 Å². The molecule has 0 saturated carbocycles. The van der Waals surface area contributed by atoms with Crippen molar-refractivity contribution < 1.29 is 17.9 Å². The molecule has 0 aliphatic carbocycles. The number of hydrogen-bond donors (Lipinski definition) is 0. The lowest BCUT2D eigenvalue weighted by atomic mass is 10.0. The molecule has 0 amide bonds. The average Bonchev–Trinajstić information content (AvgIpc) is 3.86. The zero-order chi connectivity index (χ0) is 45.4. The maximum Gasteiger partial charge on any atom is 0.344 e. The summed E-state index contributed by atoms with van der Waals surface area (Å²) >= 11 is 3.58. The molecule has 326 valence electrons. The molecule has 0 spiro atoms. The van der Waals surface area contributed by atoms with Crippen LogP contribution in [0.3, 0.4) is 0 Å². The molecule has 0 saturated heterocycles. The minimum atomic E-state index is -2.50. The summed E-state index contributed by atoms with van der Waals surface area (Å²) in [6.45, 7) is 1.77. The molecule has 2 heterocycles. The van der Waals surface area contributed by atoms with Gasteiger partial charge >= 0.3 is 12.1 Å². The molecule has 0 unspecified atom stereocenters. The monoisotopic (exact) mass is 943 g/mol. The van der Waals surface area contributed by atoms with Crippen molar-refractivity contribution >= 4 is 76.6 Å². The molecule has 0 aliphatic rings. The van der Waals surface area contributed by atoms with Crippen LogP contribution in [0.25, 0.3) is 77.0 Å². The second-order valence-corrected chi connectivity index (χ2v) is 17.5. The largest absolute Gasteiger partial charge is 0.428 e. The van der Waals surface area contributed by atoms with Gasteiger partial charge in [-0.1, -0.05) is 131 Å². The van der Waals surface area contributed by atoms with Crippen molar-refractivity contribution in [3.05, 3.63) is 229 Å². The minimum absolute atomic E-state index is 0.00839. The fraction of sp³-hybridized carbons (Fsp3) is 0.0508. The van der Waals surface area contributed by atoms with Gasteiger partial charge < -0.3 is 18.8 Å². The van der Waals surface area contributed by atoms with E-state index in [0.29, 0.717) is 0 Å². The van der Waals surface area contributed by atoms with Crippen LogP contribution in [-0.2, 0) is 13.1 Å². The van der Waals surface area contributed by atoms with Crippen molar-refractivity contribution in [2.45, 2.75) is 19.5 Å². The molecule has 0 bridgehead atoms. The van der Waals surface area contributed by atoms with E-state index in [9.17, 15) is 13.2 Å². The Hall–Kier alpha value is -7.81. The Morgan fingerprint density at radius 3 is 1.28 bits per heavy atom. The van der Waals surface area contributed by atoms with Crippen LogP contribution in [0.5, 0.6) is 5.75 Å². The summed E-state index contributed by atoms with van der Waals surface area (Å²) in [5, 5.41) is 5.04. The molecular weight excluding hydrogens is 904 g/mol. The zero-order valence-corrected chi connectivity index (χ0v) is 37.7. The SMILES string of the molecule is FC(F)=C(F)Oc1ccc(-c2ccc(N(c3ccccc3)c3ccc(-c4ccc5c(c4)c4ccccc4n5CCCn4c5ccccc5c5cc(-c6ccc(Br)cc6)ccc54)cc3)cc2)cc1. The predicted octanol–water partition coefficient (Wildman–Crippen LogP) is 17.6. The summed E-state index contributed by atoms with van der Waals surface area (Å²) in [4.78, 5) is 2.21. The van der Waals surface area contributed by atoms with Crippen molar-refractivity contribution in [2.24, 2.45) is 0 Å². The highest BCUT2D eigenvalue weighted by Gasteiger charge is 2.17. The van der Waals surface area contributed by atoms with Crippen molar-refractivity contribution in [2.75, 3.05) is 4.90 Å². The minimum Gasteiger partial charge on any atom is -0.428 e. The summed E-state index contributed by atoms with van der Waals surface area (Å²) in [7, 11) is 0. The van der Waals surface area contributed by atoms with E-state index in [-0.39, 0.29) is 5.75 Å². The number of aromatic nitrogens is 2. The molecule has 11 rings (SSSR count). The van der Waals surface area contributed by atoms with Gasteiger partial charge in [-0.05, 0) is 137 Å². The molecule has 2 aromatic heterocycles. The first-order chi connectivity index (χ1) is 32.9. The van der Waals surface area contributed by atoms with Crippen LogP contribution in [-0.4, -0.2) is 9.13 Å². The second-order valence-electron chi connectivity index (χ2n) is 16.6. The van der Waals surface area contributed by atoms with Gasteiger partial charge in [0.1, 0.15) is 5.75 Å². The van der Waals surface area contributed by atoms with E-state index in [0.717, 1.165) is 63.3 Å². The van der Waals surface area contributed by atoms with E-state index in [1.165, 1.54) is 66.9 Å². The van der Waals surface area contributed by atoms with Crippen LogP contribution in [0.2, 0.25) is 0 Å². The Labute approximate surface area is 394 Å². The molecule has 67 heavy (non-hydrogen) atoms. The Morgan fingerprint density at radius 2 is 0.791 bits per heavy atom. The second kappa shape index (κ2) is 17.9. The van der Waals surface area contributed by atoms with E-state index in [1.54, 1.807) is 12.1 Å². The van der Waals surface area contributed by atoms with Crippen LogP contribution < -0.4 is 9.64 Å².